The molecule has 9 nitrogen and oxygen atoms in total. The third-order valence-electron chi connectivity index (χ3n) is 5.01. The lowest BCUT2D eigenvalue weighted by Gasteiger charge is -2.37. The molecule has 0 bridgehead atoms. The van der Waals surface area contributed by atoms with Crippen molar-refractivity contribution in [2.75, 3.05) is 26.7 Å². The highest BCUT2D eigenvalue weighted by Gasteiger charge is 2.34. The monoisotopic (exact) mass is 418 g/mol. The minimum Gasteiger partial charge on any atom is -0.483 e. The fourth-order valence-corrected chi connectivity index (χ4v) is 3.38. The number of rotatable bonds is 7. The summed E-state index contributed by atoms with van der Waals surface area (Å²) >= 11 is 0. The van der Waals surface area contributed by atoms with Crippen LogP contribution in [-0.2, 0) is 23.0 Å². The largest absolute Gasteiger partial charge is 0.483 e. The van der Waals surface area contributed by atoms with E-state index in [1.165, 1.54) is 0 Å². The van der Waals surface area contributed by atoms with Crippen molar-refractivity contribution in [3.63, 3.8) is 0 Å². The Kier molecular flexibility index (Phi) is 9.46. The van der Waals surface area contributed by atoms with E-state index in [2.05, 4.69) is 15.2 Å². The minimum atomic E-state index is -0.736. The number of aliphatic hydroxyl groups excluding tert-OH is 1. The summed E-state index contributed by atoms with van der Waals surface area (Å²) in [5, 5.41) is 20.5. The number of ether oxygens (including phenoxy) is 1. The van der Waals surface area contributed by atoms with Gasteiger partial charge >= 0.3 is 0 Å². The van der Waals surface area contributed by atoms with Gasteiger partial charge in [-0.1, -0.05) is 6.07 Å². The first-order valence-electron chi connectivity index (χ1n) is 9.84. The van der Waals surface area contributed by atoms with E-state index >= 15 is 0 Å². The van der Waals surface area contributed by atoms with Gasteiger partial charge in [-0.25, -0.2) is 0 Å². The van der Waals surface area contributed by atoms with Crippen LogP contribution in [0.15, 0.2) is 42.7 Å². The molecule has 3 N–H and O–H groups in total. The third-order valence-corrected chi connectivity index (χ3v) is 5.01. The molecule has 1 fully saturated rings. The molecule has 3 heterocycles. The Balaban J connectivity index is 0.00000101. The van der Waals surface area contributed by atoms with Gasteiger partial charge in [-0.3, -0.25) is 14.6 Å². The third kappa shape index (κ3) is 6.94. The summed E-state index contributed by atoms with van der Waals surface area (Å²) in [6, 6.07) is 9.18. The second-order valence-electron chi connectivity index (χ2n) is 7.21. The number of amides is 1. The number of pyridine rings is 1. The molecule has 1 saturated heterocycles. The zero-order valence-corrected chi connectivity index (χ0v) is 17.3. The molecular formula is C21H30N4O5. The number of aryl methyl sites for hydroxylation is 1. The van der Waals surface area contributed by atoms with Gasteiger partial charge in [0, 0.05) is 51.3 Å². The van der Waals surface area contributed by atoms with Gasteiger partial charge in [0.05, 0.1) is 12.1 Å². The summed E-state index contributed by atoms with van der Waals surface area (Å²) in [5.41, 5.74) is 1.62. The Labute approximate surface area is 176 Å². The van der Waals surface area contributed by atoms with Crippen molar-refractivity contribution in [1.82, 2.24) is 19.8 Å². The number of aliphatic hydroxyl groups is 1. The van der Waals surface area contributed by atoms with Crippen LogP contribution >= 0.6 is 0 Å². The maximum absolute atomic E-state index is 12.4. The predicted molar refractivity (Wildman–Crippen MR) is 111 cm³/mol. The fraction of sp³-hybridized carbons (Fsp3) is 0.476. The van der Waals surface area contributed by atoms with Crippen LogP contribution in [0.5, 0.6) is 0 Å². The molecule has 164 valence electrons. The molecule has 3 atom stereocenters. The fourth-order valence-electron chi connectivity index (χ4n) is 3.38. The molecule has 30 heavy (non-hydrogen) atoms. The number of nitrogens with zero attached hydrogens (tertiary/aromatic N) is 3. The molecule has 3 rings (SSSR count). The number of aromatic nitrogens is 2. The SMILES string of the molecule is CN(CCc1ccccn1)C[C@H]1OCC[C@H](NC(=O)c2cccn2C)[C@@H]1O.O=CO. The van der Waals surface area contributed by atoms with Crippen LogP contribution in [0.3, 0.4) is 0 Å². The van der Waals surface area contributed by atoms with Gasteiger partial charge in [0.15, 0.2) is 0 Å². The Morgan fingerprint density at radius 1 is 1.40 bits per heavy atom. The zero-order valence-electron chi connectivity index (χ0n) is 17.3. The van der Waals surface area contributed by atoms with Gasteiger partial charge < -0.3 is 29.7 Å². The van der Waals surface area contributed by atoms with Crippen LogP contribution in [0, 0.1) is 0 Å². The molecule has 9 heteroatoms. The topological polar surface area (TPSA) is 117 Å². The van der Waals surface area contributed by atoms with Gasteiger partial charge in [0.25, 0.3) is 12.4 Å². The van der Waals surface area contributed by atoms with Crippen molar-refractivity contribution < 1.29 is 24.5 Å². The van der Waals surface area contributed by atoms with Crippen molar-refractivity contribution in [2.24, 2.45) is 7.05 Å². The second-order valence-corrected chi connectivity index (χ2v) is 7.21. The van der Waals surface area contributed by atoms with E-state index in [1.54, 1.807) is 16.8 Å². The predicted octanol–water partition coefficient (Wildman–Crippen LogP) is 0.544. The number of carboxylic acid groups (broad SMARTS) is 1. The number of likely N-dealkylation sites (N-methyl/N-ethyl adjacent to an activating group) is 1. The molecular weight excluding hydrogens is 388 g/mol. The van der Waals surface area contributed by atoms with Crippen LogP contribution in [0.4, 0.5) is 0 Å². The molecule has 2 aromatic rings. The van der Waals surface area contributed by atoms with E-state index in [0.29, 0.717) is 25.3 Å². The van der Waals surface area contributed by atoms with Crippen LogP contribution < -0.4 is 5.32 Å². The van der Waals surface area contributed by atoms with Crippen molar-refractivity contribution in [2.45, 2.75) is 31.1 Å². The van der Waals surface area contributed by atoms with Crippen molar-refractivity contribution >= 4 is 12.4 Å². The second kappa shape index (κ2) is 12.1. The highest BCUT2D eigenvalue weighted by atomic mass is 16.5. The molecule has 0 spiro atoms. The van der Waals surface area contributed by atoms with Crippen LogP contribution in [0.1, 0.15) is 22.6 Å². The van der Waals surface area contributed by atoms with E-state index < -0.39 is 6.10 Å². The van der Waals surface area contributed by atoms with E-state index in [0.717, 1.165) is 18.7 Å². The number of hydrogen-bond donors (Lipinski definition) is 3. The smallest absolute Gasteiger partial charge is 0.290 e. The Hall–Kier alpha value is -2.75. The maximum Gasteiger partial charge on any atom is 0.290 e. The van der Waals surface area contributed by atoms with Crippen molar-refractivity contribution in [3.8, 4) is 0 Å². The number of carbonyl (C=O) groups is 2. The van der Waals surface area contributed by atoms with Gasteiger partial charge in [0.2, 0.25) is 0 Å². The van der Waals surface area contributed by atoms with Crippen molar-refractivity contribution in [1.29, 1.82) is 0 Å². The van der Waals surface area contributed by atoms with Gasteiger partial charge in [-0.2, -0.15) is 0 Å². The first-order valence-corrected chi connectivity index (χ1v) is 9.84. The molecule has 0 saturated carbocycles. The van der Waals surface area contributed by atoms with E-state index in [4.69, 9.17) is 14.6 Å². The average molecular weight is 418 g/mol. The summed E-state index contributed by atoms with van der Waals surface area (Å²) in [5.74, 6) is -0.171. The Morgan fingerprint density at radius 2 is 2.17 bits per heavy atom. The highest BCUT2D eigenvalue weighted by molar-refractivity contribution is 5.92. The standard InChI is InChI=1S/C20H28N4O3.CH2O2/c1-23(12-8-15-6-3-4-10-21-15)14-18-19(25)16(9-13-27-18)22-20(26)17-7-5-11-24(17)2;2-1-3/h3-7,10-11,16,18-19,25H,8-9,12-14H2,1-2H3,(H,22,26);1H,(H,2,3)/t16-,18+,19-;/m0./s1. The summed E-state index contributed by atoms with van der Waals surface area (Å²) in [6.07, 6.45) is 4.00. The molecule has 1 aliphatic heterocycles. The van der Waals surface area contributed by atoms with E-state index in [1.807, 2.05) is 44.6 Å². The highest BCUT2D eigenvalue weighted by Crippen LogP contribution is 2.17. The molecule has 0 radical (unpaired) electrons. The van der Waals surface area contributed by atoms with Crippen LogP contribution in [-0.4, -0.2) is 82.0 Å². The molecule has 0 unspecified atom stereocenters. The lowest BCUT2D eigenvalue weighted by atomic mass is 9.99. The quantitative estimate of drug-likeness (QED) is 0.562. The van der Waals surface area contributed by atoms with Crippen LogP contribution in [0.25, 0.3) is 0 Å². The summed E-state index contributed by atoms with van der Waals surface area (Å²) in [6.45, 7) is 1.70. The Bertz CT molecular complexity index is 783. The first kappa shape index (κ1) is 23.5. The average Bonchev–Trinajstić information content (AvgIpc) is 3.17. The molecule has 1 aliphatic rings. The first-order chi connectivity index (χ1) is 14.5. The number of carbonyl (C=O) groups excluding carboxylic acids is 1. The Morgan fingerprint density at radius 3 is 2.80 bits per heavy atom. The van der Waals surface area contributed by atoms with Gasteiger partial charge in [-0.15, -0.1) is 0 Å². The molecule has 0 aromatic carbocycles. The maximum atomic E-state index is 12.4. The van der Waals surface area contributed by atoms with E-state index in [-0.39, 0.29) is 24.5 Å². The lowest BCUT2D eigenvalue weighted by Crippen LogP contribution is -2.56. The molecule has 1 amide bonds. The minimum absolute atomic E-state index is 0.171. The summed E-state index contributed by atoms with van der Waals surface area (Å²) in [7, 11) is 3.83. The number of hydrogen-bond acceptors (Lipinski definition) is 6. The number of nitrogens with one attached hydrogen (secondary N) is 1. The summed E-state index contributed by atoms with van der Waals surface area (Å²) in [4.78, 5) is 27.2. The normalized spacial score (nSPS) is 20.9. The van der Waals surface area contributed by atoms with E-state index in [9.17, 15) is 9.90 Å². The molecule has 0 aliphatic carbocycles. The van der Waals surface area contributed by atoms with Gasteiger partial charge in [-0.05, 0) is 37.7 Å². The summed E-state index contributed by atoms with van der Waals surface area (Å²) < 4.78 is 7.54. The lowest BCUT2D eigenvalue weighted by molar-refractivity contribution is -0.122. The van der Waals surface area contributed by atoms with Crippen LogP contribution in [0.2, 0.25) is 0 Å². The van der Waals surface area contributed by atoms with Crippen molar-refractivity contribution in [3.05, 3.63) is 54.1 Å². The zero-order chi connectivity index (χ0) is 21.9. The molecule has 2 aromatic heterocycles. The van der Waals surface area contributed by atoms with Gasteiger partial charge in [0.1, 0.15) is 11.8 Å².